The molecule has 2 heterocycles. The molecule has 28 heavy (non-hydrogen) atoms. The molecule has 10 heteroatoms. The highest BCUT2D eigenvalue weighted by Gasteiger charge is 2.39. The summed E-state index contributed by atoms with van der Waals surface area (Å²) >= 11 is 0. The minimum absolute atomic E-state index is 0.0494. The lowest BCUT2D eigenvalue weighted by Gasteiger charge is -2.15. The van der Waals surface area contributed by atoms with Gasteiger partial charge in [-0.2, -0.15) is 0 Å². The number of rotatable bonds is 7. The molecule has 0 bridgehead atoms. The number of urea groups is 1. The third-order valence-electron chi connectivity index (χ3n) is 4.89. The van der Waals surface area contributed by atoms with Crippen molar-refractivity contribution in [3.05, 3.63) is 29.8 Å². The zero-order valence-electron chi connectivity index (χ0n) is 15.5. The van der Waals surface area contributed by atoms with Crippen LogP contribution < -0.4 is 15.4 Å². The van der Waals surface area contributed by atoms with Crippen molar-refractivity contribution in [2.75, 3.05) is 25.2 Å². The molecule has 2 N–H and O–H groups in total. The molecule has 2 fully saturated rings. The highest BCUT2D eigenvalue weighted by atomic mass is 32.2. The first-order chi connectivity index (χ1) is 13.3. The summed E-state index contributed by atoms with van der Waals surface area (Å²) in [6, 6.07) is 5.42. The van der Waals surface area contributed by atoms with Crippen LogP contribution in [0.3, 0.4) is 0 Å². The lowest BCUT2D eigenvalue weighted by molar-refractivity contribution is -0.131. The quantitative estimate of drug-likeness (QED) is 0.604. The maximum Gasteiger partial charge on any atom is 0.324 e. The van der Waals surface area contributed by atoms with Crippen molar-refractivity contribution in [1.82, 2.24) is 15.5 Å². The zero-order valence-corrected chi connectivity index (χ0v) is 16.3. The molecule has 3 rings (SSSR count). The summed E-state index contributed by atoms with van der Waals surface area (Å²) in [6.07, 6.45) is 0.582. The van der Waals surface area contributed by atoms with Crippen molar-refractivity contribution in [3.63, 3.8) is 0 Å². The van der Waals surface area contributed by atoms with E-state index in [9.17, 15) is 22.8 Å². The number of carbonyl (C=O) groups excluding carboxylic acids is 3. The molecule has 2 saturated heterocycles. The van der Waals surface area contributed by atoms with Crippen LogP contribution in [0.4, 0.5) is 4.79 Å². The number of nitrogens with zero attached hydrogens (tertiary/aromatic N) is 1. The molecule has 0 radical (unpaired) electrons. The van der Waals surface area contributed by atoms with E-state index in [0.29, 0.717) is 18.6 Å². The number of nitrogens with one attached hydrogen (secondary N) is 2. The predicted molar refractivity (Wildman–Crippen MR) is 101 cm³/mol. The summed E-state index contributed by atoms with van der Waals surface area (Å²) in [4.78, 5) is 37.9. The fourth-order valence-corrected chi connectivity index (χ4v) is 5.12. The molecular formula is C18H23N3O6S. The molecule has 1 aromatic carbocycles. The van der Waals surface area contributed by atoms with E-state index >= 15 is 0 Å². The van der Waals surface area contributed by atoms with E-state index in [-0.39, 0.29) is 24.5 Å². The Bertz CT molecular complexity index is 885. The number of hydrogen-bond donors (Lipinski definition) is 2. The van der Waals surface area contributed by atoms with E-state index in [0.717, 1.165) is 10.5 Å². The molecule has 2 aliphatic heterocycles. The maximum atomic E-state index is 12.5. The van der Waals surface area contributed by atoms with Gasteiger partial charge in [-0.05, 0) is 24.5 Å². The first-order valence-corrected chi connectivity index (χ1v) is 10.8. The van der Waals surface area contributed by atoms with Gasteiger partial charge in [0.05, 0.1) is 25.0 Å². The van der Waals surface area contributed by atoms with E-state index in [2.05, 4.69) is 10.6 Å². The summed E-state index contributed by atoms with van der Waals surface area (Å²) in [5, 5.41) is 5.15. The lowest BCUT2D eigenvalue weighted by Crippen LogP contribution is -2.41. The van der Waals surface area contributed by atoms with E-state index < -0.39 is 39.8 Å². The number of sulfone groups is 1. The van der Waals surface area contributed by atoms with Gasteiger partial charge in [0.2, 0.25) is 5.91 Å². The van der Waals surface area contributed by atoms with Gasteiger partial charge in [-0.25, -0.2) is 13.2 Å². The van der Waals surface area contributed by atoms with Crippen LogP contribution in [0.1, 0.15) is 18.4 Å². The lowest BCUT2D eigenvalue weighted by atomic mass is 10.1. The van der Waals surface area contributed by atoms with Crippen molar-refractivity contribution in [3.8, 4) is 5.75 Å². The Kier molecular flexibility index (Phi) is 5.87. The van der Waals surface area contributed by atoms with Crippen LogP contribution in [-0.4, -0.2) is 68.4 Å². The number of methoxy groups -OCH3 is 1. The van der Waals surface area contributed by atoms with Gasteiger partial charge in [0.25, 0.3) is 5.91 Å². The molecule has 0 aromatic heterocycles. The number of ether oxygens (including phenoxy) is 1. The second kappa shape index (κ2) is 8.17. The van der Waals surface area contributed by atoms with E-state index in [1.165, 1.54) is 0 Å². The van der Waals surface area contributed by atoms with Crippen LogP contribution >= 0.6 is 0 Å². The van der Waals surface area contributed by atoms with Crippen molar-refractivity contribution in [2.45, 2.75) is 31.3 Å². The summed E-state index contributed by atoms with van der Waals surface area (Å²) in [5.74, 6) is -0.277. The average molecular weight is 409 g/mol. The second-order valence-corrected chi connectivity index (χ2v) is 9.15. The van der Waals surface area contributed by atoms with Crippen molar-refractivity contribution in [2.24, 2.45) is 0 Å². The zero-order chi connectivity index (χ0) is 20.3. The molecule has 152 valence electrons. The Morgan fingerprint density at radius 3 is 2.75 bits per heavy atom. The highest BCUT2D eigenvalue weighted by molar-refractivity contribution is 7.91. The van der Waals surface area contributed by atoms with Gasteiger partial charge in [-0.1, -0.05) is 18.2 Å². The third-order valence-corrected chi connectivity index (χ3v) is 6.66. The number of amides is 4. The Morgan fingerprint density at radius 2 is 2.07 bits per heavy atom. The molecule has 1 aromatic rings. The smallest absolute Gasteiger partial charge is 0.324 e. The fourth-order valence-electron chi connectivity index (χ4n) is 3.45. The minimum Gasteiger partial charge on any atom is -0.496 e. The van der Waals surface area contributed by atoms with Crippen LogP contribution in [0, 0.1) is 0 Å². The fraction of sp³-hybridized carbons (Fsp3) is 0.500. The monoisotopic (exact) mass is 409 g/mol. The van der Waals surface area contributed by atoms with Gasteiger partial charge in [-0.3, -0.25) is 14.5 Å². The van der Waals surface area contributed by atoms with Crippen molar-refractivity contribution in [1.29, 1.82) is 0 Å². The Hall–Kier alpha value is -2.62. The minimum atomic E-state index is -3.11. The van der Waals surface area contributed by atoms with Gasteiger partial charge in [-0.15, -0.1) is 0 Å². The number of carbonyl (C=O) groups is 3. The van der Waals surface area contributed by atoms with Crippen molar-refractivity contribution < 1.29 is 27.5 Å². The maximum absolute atomic E-state index is 12.5. The first kappa shape index (κ1) is 20.1. The topological polar surface area (TPSA) is 122 Å². The second-order valence-electron chi connectivity index (χ2n) is 6.93. The SMILES string of the molecule is COc1ccccc1CCN1C(=O)N[C@H](CC(=O)N[C@@H]2CCS(=O)(=O)C2)C1=O. The van der Waals surface area contributed by atoms with E-state index in [1.54, 1.807) is 13.2 Å². The van der Waals surface area contributed by atoms with Gasteiger partial charge in [0.15, 0.2) is 9.84 Å². The molecule has 0 unspecified atom stereocenters. The van der Waals surface area contributed by atoms with Gasteiger partial charge in [0, 0.05) is 12.6 Å². The molecular weight excluding hydrogens is 386 g/mol. The number of benzene rings is 1. The number of imide groups is 1. The molecule has 4 amide bonds. The molecule has 0 saturated carbocycles. The normalized spacial score (nSPS) is 23.5. The molecule has 2 atom stereocenters. The predicted octanol–water partition coefficient (Wildman–Crippen LogP) is -0.148. The third kappa shape index (κ3) is 4.61. The Labute approximate surface area is 163 Å². The van der Waals surface area contributed by atoms with Gasteiger partial charge < -0.3 is 15.4 Å². The largest absolute Gasteiger partial charge is 0.496 e. The summed E-state index contributed by atoms with van der Waals surface area (Å²) in [6.45, 7) is 0.171. The molecule has 2 aliphatic rings. The standard InChI is InChI=1S/C18H23N3O6S/c1-27-15-5-3-2-4-12(15)6-8-21-17(23)14(20-18(21)24)10-16(22)19-13-7-9-28(25,26)11-13/h2-5,13-14H,6-11H2,1H3,(H,19,22)(H,20,24)/t13-,14-/m1/s1. The van der Waals surface area contributed by atoms with Gasteiger partial charge >= 0.3 is 6.03 Å². The molecule has 9 nitrogen and oxygen atoms in total. The Morgan fingerprint density at radius 1 is 1.32 bits per heavy atom. The molecule has 0 spiro atoms. The van der Waals surface area contributed by atoms with Crippen LogP contribution in [-0.2, 0) is 25.8 Å². The summed E-state index contributed by atoms with van der Waals surface area (Å²) < 4.78 is 28.2. The first-order valence-electron chi connectivity index (χ1n) is 9.02. The number of para-hydroxylation sites is 1. The van der Waals surface area contributed by atoms with Gasteiger partial charge in [0.1, 0.15) is 11.8 Å². The van der Waals surface area contributed by atoms with Crippen LogP contribution in [0.2, 0.25) is 0 Å². The summed E-state index contributed by atoms with van der Waals surface area (Å²) in [7, 11) is -1.55. The van der Waals surface area contributed by atoms with Crippen LogP contribution in [0.25, 0.3) is 0 Å². The van der Waals surface area contributed by atoms with E-state index in [4.69, 9.17) is 4.74 Å². The highest BCUT2D eigenvalue weighted by Crippen LogP contribution is 2.19. The van der Waals surface area contributed by atoms with Crippen LogP contribution in [0.15, 0.2) is 24.3 Å². The van der Waals surface area contributed by atoms with E-state index in [1.807, 2.05) is 18.2 Å². The van der Waals surface area contributed by atoms with Crippen molar-refractivity contribution >= 4 is 27.7 Å². The molecule has 0 aliphatic carbocycles. The number of hydrogen-bond acceptors (Lipinski definition) is 6. The Balaban J connectivity index is 1.53. The van der Waals surface area contributed by atoms with Crippen LogP contribution in [0.5, 0.6) is 5.75 Å². The average Bonchev–Trinajstić information content (AvgIpc) is 3.11. The summed E-state index contributed by atoms with van der Waals surface area (Å²) in [5.41, 5.74) is 0.870.